The molecule has 0 amide bonds. The molecule has 1 saturated heterocycles. The van der Waals surface area contributed by atoms with E-state index in [0.717, 1.165) is 50.4 Å². The Balaban J connectivity index is 2.21. The normalized spacial score (nSPS) is 23.6. The highest BCUT2D eigenvalue weighted by Crippen LogP contribution is 2.27. The number of ether oxygens (including phenoxy) is 1. The molecule has 5 heteroatoms. The lowest BCUT2D eigenvalue weighted by atomic mass is 9.95. The molecule has 1 atom stereocenters. The van der Waals surface area contributed by atoms with E-state index in [1.165, 1.54) is 0 Å². The van der Waals surface area contributed by atoms with Gasteiger partial charge in [-0.3, -0.25) is 0 Å². The van der Waals surface area contributed by atoms with Gasteiger partial charge in [0.2, 0.25) is 0 Å². The topological polar surface area (TPSA) is 64.3 Å². The molecule has 5 nitrogen and oxygen atoms in total. The number of aryl methyl sites for hydroxylation is 1. The molecule has 19 heavy (non-hydrogen) atoms. The van der Waals surface area contributed by atoms with Crippen LogP contribution in [-0.2, 0) is 11.2 Å². The van der Waals surface area contributed by atoms with Gasteiger partial charge in [0.15, 0.2) is 0 Å². The number of hydrogen-bond acceptors (Lipinski definition) is 5. The van der Waals surface area contributed by atoms with Crippen LogP contribution in [0.25, 0.3) is 0 Å². The third kappa shape index (κ3) is 3.35. The molecule has 0 spiro atoms. The number of methoxy groups -OCH3 is 1. The van der Waals surface area contributed by atoms with Gasteiger partial charge in [-0.2, -0.15) is 0 Å². The van der Waals surface area contributed by atoms with Crippen LogP contribution in [-0.4, -0.2) is 35.8 Å². The average molecular weight is 264 g/mol. The second kappa shape index (κ2) is 5.74. The Morgan fingerprint density at radius 2 is 2.26 bits per heavy atom. The summed E-state index contributed by atoms with van der Waals surface area (Å²) in [5, 5.41) is 0. The van der Waals surface area contributed by atoms with Crippen LogP contribution in [0.15, 0.2) is 6.07 Å². The third-order valence-corrected chi connectivity index (χ3v) is 3.73. The second-order valence-corrected chi connectivity index (χ2v) is 5.50. The van der Waals surface area contributed by atoms with E-state index in [0.29, 0.717) is 5.82 Å². The molecule has 106 valence electrons. The molecule has 0 aromatic carbocycles. The zero-order valence-electron chi connectivity index (χ0n) is 12.1. The molecule has 0 saturated carbocycles. The van der Waals surface area contributed by atoms with Gasteiger partial charge in [-0.15, -0.1) is 0 Å². The molecule has 1 unspecified atom stereocenters. The molecule has 1 aliphatic heterocycles. The Morgan fingerprint density at radius 3 is 2.95 bits per heavy atom. The van der Waals surface area contributed by atoms with Crippen LogP contribution < -0.4 is 10.6 Å². The summed E-state index contributed by atoms with van der Waals surface area (Å²) in [5.74, 6) is 2.32. The first-order chi connectivity index (χ1) is 9.06. The molecular weight excluding hydrogens is 240 g/mol. The molecule has 0 radical (unpaired) electrons. The summed E-state index contributed by atoms with van der Waals surface area (Å²) < 4.78 is 5.62. The number of nitrogens with zero attached hydrogens (tertiary/aromatic N) is 3. The number of piperidine rings is 1. The van der Waals surface area contributed by atoms with Gasteiger partial charge in [-0.25, -0.2) is 9.97 Å². The van der Waals surface area contributed by atoms with E-state index < -0.39 is 0 Å². The Kier molecular flexibility index (Phi) is 4.24. The number of hydrogen-bond donors (Lipinski definition) is 1. The summed E-state index contributed by atoms with van der Waals surface area (Å²) in [6.45, 7) is 6.12. The maximum absolute atomic E-state index is 5.89. The van der Waals surface area contributed by atoms with Gasteiger partial charge in [0.1, 0.15) is 17.5 Å². The standard InChI is InChI=1S/C14H24N4O/c1-4-6-12-16-11(15)9-13(17-12)18-8-5-7-14(2,10-18)19-3/h9H,4-8,10H2,1-3H3,(H2,15,16,17). The largest absolute Gasteiger partial charge is 0.384 e. The molecule has 2 heterocycles. The molecular formula is C14H24N4O. The monoisotopic (exact) mass is 264 g/mol. The number of nitrogens with two attached hydrogens (primary N) is 1. The van der Waals surface area contributed by atoms with E-state index in [1.54, 1.807) is 7.11 Å². The van der Waals surface area contributed by atoms with Crippen molar-refractivity contribution >= 4 is 11.6 Å². The van der Waals surface area contributed by atoms with Gasteiger partial charge in [-0.1, -0.05) is 6.92 Å². The quantitative estimate of drug-likeness (QED) is 0.901. The molecule has 1 fully saturated rings. The highest BCUT2D eigenvalue weighted by Gasteiger charge is 2.31. The van der Waals surface area contributed by atoms with Crippen LogP contribution in [0.3, 0.4) is 0 Å². The zero-order chi connectivity index (χ0) is 13.9. The average Bonchev–Trinajstić information content (AvgIpc) is 2.38. The third-order valence-electron chi connectivity index (χ3n) is 3.73. The van der Waals surface area contributed by atoms with Crippen molar-refractivity contribution in [2.75, 3.05) is 30.8 Å². The van der Waals surface area contributed by atoms with Gasteiger partial charge < -0.3 is 15.4 Å². The first-order valence-corrected chi connectivity index (χ1v) is 7.00. The maximum Gasteiger partial charge on any atom is 0.134 e. The second-order valence-electron chi connectivity index (χ2n) is 5.50. The summed E-state index contributed by atoms with van der Waals surface area (Å²) in [6.07, 6.45) is 4.09. The van der Waals surface area contributed by atoms with E-state index in [4.69, 9.17) is 10.5 Å². The first kappa shape index (κ1) is 14.1. The van der Waals surface area contributed by atoms with Crippen LogP contribution in [0.2, 0.25) is 0 Å². The molecule has 0 bridgehead atoms. The van der Waals surface area contributed by atoms with Crippen molar-refractivity contribution in [2.45, 2.75) is 45.1 Å². The number of aromatic nitrogens is 2. The highest BCUT2D eigenvalue weighted by atomic mass is 16.5. The van der Waals surface area contributed by atoms with E-state index in [1.807, 2.05) is 6.07 Å². The summed E-state index contributed by atoms with van der Waals surface area (Å²) in [6, 6.07) is 1.86. The summed E-state index contributed by atoms with van der Waals surface area (Å²) in [5.41, 5.74) is 5.79. The van der Waals surface area contributed by atoms with Crippen molar-refractivity contribution in [1.82, 2.24) is 9.97 Å². The van der Waals surface area contributed by atoms with Crippen molar-refractivity contribution < 1.29 is 4.74 Å². The number of anilines is 2. The van der Waals surface area contributed by atoms with Crippen LogP contribution in [0.1, 0.15) is 38.9 Å². The van der Waals surface area contributed by atoms with Gasteiger partial charge in [0, 0.05) is 32.7 Å². The molecule has 0 aliphatic carbocycles. The van der Waals surface area contributed by atoms with Gasteiger partial charge >= 0.3 is 0 Å². The zero-order valence-corrected chi connectivity index (χ0v) is 12.1. The predicted molar refractivity (Wildman–Crippen MR) is 77.3 cm³/mol. The van der Waals surface area contributed by atoms with E-state index in [2.05, 4.69) is 28.7 Å². The molecule has 2 rings (SSSR count). The lowest BCUT2D eigenvalue weighted by Crippen LogP contribution is -2.47. The fraction of sp³-hybridized carbons (Fsp3) is 0.714. The van der Waals surface area contributed by atoms with Crippen molar-refractivity contribution in [2.24, 2.45) is 0 Å². The van der Waals surface area contributed by atoms with Crippen LogP contribution in [0, 0.1) is 0 Å². The van der Waals surface area contributed by atoms with Crippen molar-refractivity contribution in [1.29, 1.82) is 0 Å². The Labute approximate surface area is 115 Å². The van der Waals surface area contributed by atoms with Crippen molar-refractivity contribution in [3.05, 3.63) is 11.9 Å². The lowest BCUT2D eigenvalue weighted by molar-refractivity contribution is -0.00482. The molecule has 2 N–H and O–H groups in total. The first-order valence-electron chi connectivity index (χ1n) is 7.00. The minimum absolute atomic E-state index is 0.0944. The number of rotatable bonds is 4. The summed E-state index contributed by atoms with van der Waals surface area (Å²) in [7, 11) is 1.78. The Bertz CT molecular complexity index is 437. The van der Waals surface area contributed by atoms with E-state index in [-0.39, 0.29) is 5.60 Å². The van der Waals surface area contributed by atoms with Gasteiger partial charge in [0.05, 0.1) is 5.60 Å². The minimum atomic E-state index is -0.0944. The molecule has 1 aromatic rings. The lowest BCUT2D eigenvalue weighted by Gasteiger charge is -2.40. The SMILES string of the molecule is CCCc1nc(N)cc(N2CCCC(C)(OC)C2)n1. The predicted octanol–water partition coefficient (Wildman–Crippen LogP) is 2.02. The Morgan fingerprint density at radius 1 is 1.47 bits per heavy atom. The molecule has 1 aromatic heterocycles. The van der Waals surface area contributed by atoms with E-state index in [9.17, 15) is 0 Å². The van der Waals surface area contributed by atoms with Crippen molar-refractivity contribution in [3.63, 3.8) is 0 Å². The van der Waals surface area contributed by atoms with Gasteiger partial charge in [0.25, 0.3) is 0 Å². The summed E-state index contributed by atoms with van der Waals surface area (Å²) in [4.78, 5) is 11.2. The highest BCUT2D eigenvalue weighted by molar-refractivity contribution is 5.47. The summed E-state index contributed by atoms with van der Waals surface area (Å²) >= 11 is 0. The number of nitrogen functional groups attached to an aromatic ring is 1. The maximum atomic E-state index is 5.89. The van der Waals surface area contributed by atoms with Gasteiger partial charge in [-0.05, 0) is 26.2 Å². The van der Waals surface area contributed by atoms with Crippen LogP contribution >= 0.6 is 0 Å². The fourth-order valence-corrected chi connectivity index (χ4v) is 2.57. The smallest absolute Gasteiger partial charge is 0.134 e. The molecule has 1 aliphatic rings. The van der Waals surface area contributed by atoms with E-state index >= 15 is 0 Å². The Hall–Kier alpha value is -1.36. The fourth-order valence-electron chi connectivity index (χ4n) is 2.57. The van der Waals surface area contributed by atoms with Crippen LogP contribution in [0.4, 0.5) is 11.6 Å². The van der Waals surface area contributed by atoms with Crippen LogP contribution in [0.5, 0.6) is 0 Å². The van der Waals surface area contributed by atoms with Crippen molar-refractivity contribution in [3.8, 4) is 0 Å². The minimum Gasteiger partial charge on any atom is -0.384 e.